The molecule has 1 aromatic carbocycles. The normalized spacial score (nSPS) is 16.2. The molecule has 1 N–H and O–H groups in total. The van der Waals surface area contributed by atoms with E-state index in [2.05, 4.69) is 25.3 Å². The number of nitrogens with one attached hydrogen (secondary N) is 1. The summed E-state index contributed by atoms with van der Waals surface area (Å²) in [4.78, 5) is 12.3. The summed E-state index contributed by atoms with van der Waals surface area (Å²) in [5, 5.41) is 13.6. The minimum Gasteiger partial charge on any atom is -0.463 e. The molecule has 10 heteroatoms. The number of hydrazone groups is 1. The van der Waals surface area contributed by atoms with Gasteiger partial charge in [-0.05, 0) is 43.2 Å². The minimum atomic E-state index is -0.220. The van der Waals surface area contributed by atoms with Crippen LogP contribution >= 0.6 is 11.8 Å². The lowest BCUT2D eigenvalue weighted by molar-refractivity contribution is -0.118. The highest BCUT2D eigenvalue weighted by molar-refractivity contribution is 7.99. The van der Waals surface area contributed by atoms with Crippen molar-refractivity contribution < 1.29 is 18.7 Å². The van der Waals surface area contributed by atoms with Crippen molar-refractivity contribution >= 4 is 23.9 Å². The van der Waals surface area contributed by atoms with Gasteiger partial charge in [-0.15, -0.1) is 10.2 Å². The number of furan rings is 1. The van der Waals surface area contributed by atoms with Crippen LogP contribution in [0.2, 0.25) is 0 Å². The van der Waals surface area contributed by atoms with Crippen molar-refractivity contribution in [1.29, 1.82) is 0 Å². The van der Waals surface area contributed by atoms with Crippen LogP contribution in [0.15, 0.2) is 51.3 Å². The van der Waals surface area contributed by atoms with Crippen molar-refractivity contribution in [3.63, 3.8) is 0 Å². The molecule has 0 spiro atoms. The number of hydrogen-bond donors (Lipinski definition) is 1. The van der Waals surface area contributed by atoms with E-state index in [4.69, 9.17) is 13.9 Å². The number of hydrogen-bond acceptors (Lipinski definition) is 8. The second kappa shape index (κ2) is 10.1. The Kier molecular flexibility index (Phi) is 6.61. The number of aromatic nitrogens is 3. The molecule has 5 rings (SSSR count). The molecular weight excluding hydrogens is 442 g/mol. The molecule has 2 aromatic heterocycles. The summed E-state index contributed by atoms with van der Waals surface area (Å²) in [5.74, 6) is 2.78. The number of thioether (sulfide) groups is 1. The summed E-state index contributed by atoms with van der Waals surface area (Å²) in [5.41, 5.74) is 3.45. The van der Waals surface area contributed by atoms with Gasteiger partial charge in [-0.2, -0.15) is 5.10 Å². The van der Waals surface area contributed by atoms with E-state index in [-0.39, 0.29) is 18.5 Å². The topological polar surface area (TPSA) is 104 Å². The molecule has 3 aromatic rings. The molecule has 2 aliphatic rings. The number of nitrogens with zero attached hydrogens (tertiary/aromatic N) is 4. The van der Waals surface area contributed by atoms with Crippen molar-refractivity contribution in [2.24, 2.45) is 5.10 Å². The first-order chi connectivity index (χ1) is 16.3. The van der Waals surface area contributed by atoms with E-state index in [0.29, 0.717) is 17.6 Å². The predicted octanol–water partition coefficient (Wildman–Crippen LogP) is 4.40. The zero-order chi connectivity index (χ0) is 22.5. The maximum atomic E-state index is 12.3. The largest absolute Gasteiger partial charge is 0.463 e. The average Bonchev–Trinajstić information content (AvgIpc) is 3.55. The van der Waals surface area contributed by atoms with Crippen LogP contribution in [0, 0.1) is 0 Å². The molecule has 33 heavy (non-hydrogen) atoms. The first kappa shape index (κ1) is 21.6. The van der Waals surface area contributed by atoms with Gasteiger partial charge in [-0.1, -0.05) is 37.4 Å². The number of benzene rings is 1. The van der Waals surface area contributed by atoms with Gasteiger partial charge in [0.1, 0.15) is 5.76 Å². The van der Waals surface area contributed by atoms with Crippen LogP contribution in [0.3, 0.4) is 0 Å². The van der Waals surface area contributed by atoms with Crippen LogP contribution in [-0.2, 0) is 4.79 Å². The SMILES string of the molecule is O=C(CSc1nnc(-c2ccc3c(c2)OCO3)n1C1CCCCCC1)NN=Cc1ccco1. The molecule has 9 nitrogen and oxygen atoms in total. The van der Waals surface area contributed by atoms with Gasteiger partial charge in [-0.25, -0.2) is 5.43 Å². The van der Waals surface area contributed by atoms with Gasteiger partial charge >= 0.3 is 0 Å². The Morgan fingerprint density at radius 2 is 2.00 bits per heavy atom. The van der Waals surface area contributed by atoms with Crippen molar-refractivity contribution in [3.05, 3.63) is 42.4 Å². The van der Waals surface area contributed by atoms with Gasteiger partial charge in [0.25, 0.3) is 5.91 Å². The van der Waals surface area contributed by atoms with Gasteiger partial charge in [0, 0.05) is 11.6 Å². The fourth-order valence-corrected chi connectivity index (χ4v) is 4.95. The molecule has 172 valence electrons. The third-order valence-electron chi connectivity index (χ3n) is 5.74. The predicted molar refractivity (Wildman–Crippen MR) is 123 cm³/mol. The minimum absolute atomic E-state index is 0.182. The fourth-order valence-electron chi connectivity index (χ4n) is 4.15. The molecule has 0 unspecified atom stereocenters. The summed E-state index contributed by atoms with van der Waals surface area (Å²) in [6, 6.07) is 9.65. The molecular formula is C23H25N5O4S. The Hall–Kier alpha value is -3.27. The highest BCUT2D eigenvalue weighted by atomic mass is 32.2. The summed E-state index contributed by atoms with van der Waals surface area (Å²) in [7, 11) is 0. The zero-order valence-electron chi connectivity index (χ0n) is 18.1. The number of ether oxygens (including phenoxy) is 2. The quantitative estimate of drug-likeness (QED) is 0.238. The summed E-state index contributed by atoms with van der Waals surface area (Å²) in [6.45, 7) is 0.229. The molecule has 1 saturated carbocycles. The summed E-state index contributed by atoms with van der Waals surface area (Å²) < 4.78 is 18.4. The molecule has 3 heterocycles. The van der Waals surface area contributed by atoms with Crippen molar-refractivity contribution in [2.45, 2.75) is 49.7 Å². The summed E-state index contributed by atoms with van der Waals surface area (Å²) >= 11 is 1.37. The smallest absolute Gasteiger partial charge is 0.250 e. The van der Waals surface area contributed by atoms with E-state index in [0.717, 1.165) is 35.1 Å². The van der Waals surface area contributed by atoms with Crippen molar-refractivity contribution in [3.8, 4) is 22.9 Å². The molecule has 0 saturated heterocycles. The van der Waals surface area contributed by atoms with E-state index in [9.17, 15) is 4.79 Å². The Labute approximate surface area is 195 Å². The molecule has 0 bridgehead atoms. The van der Waals surface area contributed by atoms with Crippen LogP contribution in [0.1, 0.15) is 50.3 Å². The summed E-state index contributed by atoms with van der Waals surface area (Å²) in [6.07, 6.45) is 10.0. The van der Waals surface area contributed by atoms with E-state index in [1.165, 1.54) is 43.7 Å². The molecule has 0 atom stereocenters. The first-order valence-corrected chi connectivity index (χ1v) is 12.1. The van der Waals surface area contributed by atoms with Gasteiger partial charge in [0.05, 0.1) is 18.2 Å². The number of fused-ring (bicyclic) bond motifs is 1. The second-order valence-electron chi connectivity index (χ2n) is 7.99. The van der Waals surface area contributed by atoms with Crippen molar-refractivity contribution in [2.75, 3.05) is 12.5 Å². The second-order valence-corrected chi connectivity index (χ2v) is 8.93. The molecule has 1 aliphatic carbocycles. The van der Waals surface area contributed by atoms with Crippen LogP contribution in [0.5, 0.6) is 11.5 Å². The standard InChI is InChI=1S/C23H25N5O4S/c29-21(25-24-13-18-8-5-11-30-18)14-33-23-27-26-22(28(23)17-6-3-1-2-4-7-17)16-9-10-19-20(12-16)32-15-31-19/h5,8-13,17H,1-4,6-7,14-15H2,(H,25,29). The Morgan fingerprint density at radius 3 is 2.82 bits per heavy atom. The zero-order valence-corrected chi connectivity index (χ0v) is 18.9. The lowest BCUT2D eigenvalue weighted by Gasteiger charge is -2.20. The lowest BCUT2D eigenvalue weighted by atomic mass is 10.1. The fraction of sp³-hybridized carbons (Fsp3) is 0.391. The van der Waals surface area contributed by atoms with Crippen LogP contribution in [0.25, 0.3) is 11.4 Å². The van der Waals surface area contributed by atoms with Gasteiger partial charge in [0.2, 0.25) is 6.79 Å². The first-order valence-electron chi connectivity index (χ1n) is 11.1. The Balaban J connectivity index is 1.34. The van der Waals surface area contributed by atoms with E-state index in [1.54, 1.807) is 18.4 Å². The van der Waals surface area contributed by atoms with Crippen LogP contribution in [0.4, 0.5) is 0 Å². The monoisotopic (exact) mass is 467 g/mol. The number of carbonyl (C=O) groups is 1. The van der Waals surface area contributed by atoms with Crippen molar-refractivity contribution in [1.82, 2.24) is 20.2 Å². The highest BCUT2D eigenvalue weighted by Crippen LogP contribution is 2.39. The van der Waals surface area contributed by atoms with Crippen LogP contribution in [-0.4, -0.2) is 39.4 Å². The third-order valence-corrected chi connectivity index (χ3v) is 6.68. The Bertz CT molecular complexity index is 1120. The van der Waals surface area contributed by atoms with Crippen LogP contribution < -0.4 is 14.9 Å². The lowest BCUT2D eigenvalue weighted by Crippen LogP contribution is -2.20. The highest BCUT2D eigenvalue weighted by Gasteiger charge is 2.25. The molecule has 1 amide bonds. The number of rotatable bonds is 7. The van der Waals surface area contributed by atoms with Gasteiger partial charge < -0.3 is 13.9 Å². The number of amides is 1. The van der Waals surface area contributed by atoms with Gasteiger partial charge in [-0.3, -0.25) is 9.36 Å². The molecule has 1 fully saturated rings. The Morgan fingerprint density at radius 1 is 1.15 bits per heavy atom. The maximum absolute atomic E-state index is 12.3. The molecule has 0 radical (unpaired) electrons. The van der Waals surface area contributed by atoms with E-state index >= 15 is 0 Å². The van der Waals surface area contributed by atoms with E-state index in [1.807, 2.05) is 18.2 Å². The number of carbonyl (C=O) groups excluding carboxylic acids is 1. The van der Waals surface area contributed by atoms with E-state index < -0.39 is 0 Å². The maximum Gasteiger partial charge on any atom is 0.250 e. The molecule has 1 aliphatic heterocycles. The van der Waals surface area contributed by atoms with Gasteiger partial charge in [0.15, 0.2) is 22.5 Å². The third kappa shape index (κ3) is 5.05. The average molecular weight is 468 g/mol.